The second-order valence-electron chi connectivity index (χ2n) is 3.71. The van der Waals surface area contributed by atoms with Gasteiger partial charge in [-0.25, -0.2) is 9.97 Å². The Balaban J connectivity index is 1.82. The third-order valence-corrected chi connectivity index (χ3v) is 2.44. The van der Waals surface area contributed by atoms with Gasteiger partial charge in [0, 0.05) is 12.2 Å². The molecule has 2 heterocycles. The van der Waals surface area contributed by atoms with Gasteiger partial charge in [-0.2, -0.15) is 0 Å². The molecule has 0 bridgehead atoms. The SMILES string of the molecule is c1cnc2nc(CNC3CC3)[nH]c2c1. The maximum Gasteiger partial charge on any atom is 0.177 e. The average molecular weight is 188 g/mol. The highest BCUT2D eigenvalue weighted by Gasteiger charge is 2.20. The minimum absolute atomic E-state index is 0.719. The van der Waals surface area contributed by atoms with Crippen LogP contribution >= 0.6 is 0 Å². The monoisotopic (exact) mass is 188 g/mol. The van der Waals surface area contributed by atoms with E-state index in [2.05, 4.69) is 20.3 Å². The van der Waals surface area contributed by atoms with Crippen molar-refractivity contribution in [3.63, 3.8) is 0 Å². The molecule has 0 spiro atoms. The third-order valence-electron chi connectivity index (χ3n) is 2.44. The Morgan fingerprint density at radius 1 is 1.50 bits per heavy atom. The molecule has 2 aromatic rings. The van der Waals surface area contributed by atoms with Gasteiger partial charge in [0.15, 0.2) is 5.65 Å². The number of aromatic amines is 1. The van der Waals surface area contributed by atoms with Crippen LogP contribution in [-0.2, 0) is 6.54 Å². The molecule has 14 heavy (non-hydrogen) atoms. The maximum absolute atomic E-state index is 4.38. The van der Waals surface area contributed by atoms with Crippen molar-refractivity contribution in [2.45, 2.75) is 25.4 Å². The number of rotatable bonds is 3. The molecule has 1 aliphatic rings. The average Bonchev–Trinajstić information content (AvgIpc) is 2.94. The molecule has 1 aliphatic carbocycles. The van der Waals surface area contributed by atoms with Gasteiger partial charge >= 0.3 is 0 Å². The smallest absolute Gasteiger partial charge is 0.177 e. The number of hydrogen-bond acceptors (Lipinski definition) is 3. The van der Waals surface area contributed by atoms with Crippen molar-refractivity contribution in [3.8, 4) is 0 Å². The number of nitrogens with zero attached hydrogens (tertiary/aromatic N) is 2. The number of fused-ring (bicyclic) bond motifs is 1. The van der Waals surface area contributed by atoms with Gasteiger partial charge in [-0.1, -0.05) is 0 Å². The molecule has 0 saturated heterocycles. The molecule has 2 N–H and O–H groups in total. The molecule has 3 rings (SSSR count). The molecule has 0 aromatic carbocycles. The van der Waals surface area contributed by atoms with Crippen molar-refractivity contribution < 1.29 is 0 Å². The van der Waals surface area contributed by atoms with Crippen molar-refractivity contribution in [1.29, 1.82) is 0 Å². The standard InChI is InChI=1S/C10H12N4/c1-2-8-10(11-5-1)14-9(13-8)6-12-7-3-4-7/h1-2,5,7,12H,3-4,6H2,(H,11,13,14). The number of H-pyrrole nitrogens is 1. The van der Waals surface area contributed by atoms with E-state index in [0.717, 1.165) is 29.6 Å². The van der Waals surface area contributed by atoms with E-state index in [0.29, 0.717) is 0 Å². The normalized spacial score (nSPS) is 16.3. The van der Waals surface area contributed by atoms with Gasteiger partial charge in [0.1, 0.15) is 5.82 Å². The second-order valence-corrected chi connectivity index (χ2v) is 3.71. The van der Waals surface area contributed by atoms with Gasteiger partial charge in [0.25, 0.3) is 0 Å². The zero-order chi connectivity index (χ0) is 9.38. The fourth-order valence-corrected chi connectivity index (χ4v) is 1.51. The molecule has 2 aromatic heterocycles. The van der Waals surface area contributed by atoms with Gasteiger partial charge < -0.3 is 10.3 Å². The highest BCUT2D eigenvalue weighted by Crippen LogP contribution is 2.19. The van der Waals surface area contributed by atoms with Crippen LogP contribution in [0.5, 0.6) is 0 Å². The van der Waals surface area contributed by atoms with E-state index < -0.39 is 0 Å². The highest BCUT2D eigenvalue weighted by molar-refractivity contribution is 5.69. The summed E-state index contributed by atoms with van der Waals surface area (Å²) in [5, 5.41) is 3.41. The molecular weight excluding hydrogens is 176 g/mol. The lowest BCUT2D eigenvalue weighted by Crippen LogP contribution is -2.16. The second kappa shape index (κ2) is 3.06. The van der Waals surface area contributed by atoms with Gasteiger partial charge in [-0.3, -0.25) is 0 Å². The molecule has 0 atom stereocenters. The summed E-state index contributed by atoms with van der Waals surface area (Å²) >= 11 is 0. The van der Waals surface area contributed by atoms with Crippen molar-refractivity contribution in [2.75, 3.05) is 0 Å². The lowest BCUT2D eigenvalue weighted by atomic mass is 10.4. The van der Waals surface area contributed by atoms with Gasteiger partial charge in [0.2, 0.25) is 0 Å². The predicted octanol–water partition coefficient (Wildman–Crippen LogP) is 1.21. The summed E-state index contributed by atoms with van der Waals surface area (Å²) in [4.78, 5) is 11.8. The topological polar surface area (TPSA) is 53.6 Å². The van der Waals surface area contributed by atoms with Crippen LogP contribution in [0.15, 0.2) is 18.3 Å². The minimum Gasteiger partial charge on any atom is -0.340 e. The zero-order valence-electron chi connectivity index (χ0n) is 7.83. The fraction of sp³-hybridized carbons (Fsp3) is 0.400. The third kappa shape index (κ3) is 1.48. The van der Waals surface area contributed by atoms with Crippen LogP contribution in [0.2, 0.25) is 0 Å². The first-order valence-electron chi connectivity index (χ1n) is 4.95. The summed E-state index contributed by atoms with van der Waals surface area (Å²) in [6.07, 6.45) is 4.37. The van der Waals surface area contributed by atoms with E-state index in [-0.39, 0.29) is 0 Å². The van der Waals surface area contributed by atoms with Crippen LogP contribution < -0.4 is 5.32 Å². The molecule has 4 heteroatoms. The van der Waals surface area contributed by atoms with Crippen LogP contribution in [0.3, 0.4) is 0 Å². The summed E-state index contributed by atoms with van der Waals surface area (Å²) in [7, 11) is 0. The van der Waals surface area contributed by atoms with Crippen molar-refractivity contribution in [1.82, 2.24) is 20.3 Å². The number of imidazole rings is 1. The van der Waals surface area contributed by atoms with E-state index >= 15 is 0 Å². The van der Waals surface area contributed by atoms with Crippen molar-refractivity contribution >= 4 is 11.2 Å². The summed E-state index contributed by atoms with van der Waals surface area (Å²) < 4.78 is 0. The zero-order valence-corrected chi connectivity index (χ0v) is 7.83. The van der Waals surface area contributed by atoms with E-state index in [1.54, 1.807) is 6.20 Å². The van der Waals surface area contributed by atoms with E-state index in [1.165, 1.54) is 12.8 Å². The Hall–Kier alpha value is -1.42. The van der Waals surface area contributed by atoms with E-state index in [9.17, 15) is 0 Å². The quantitative estimate of drug-likeness (QED) is 0.761. The first kappa shape index (κ1) is 7.94. The molecule has 0 aliphatic heterocycles. The van der Waals surface area contributed by atoms with Crippen LogP contribution in [0.1, 0.15) is 18.7 Å². The van der Waals surface area contributed by atoms with Crippen LogP contribution in [0.4, 0.5) is 0 Å². The molecule has 1 fully saturated rings. The number of aromatic nitrogens is 3. The highest BCUT2D eigenvalue weighted by atomic mass is 15.0. The van der Waals surface area contributed by atoms with Gasteiger partial charge in [-0.05, 0) is 25.0 Å². The summed E-state index contributed by atoms with van der Waals surface area (Å²) in [6, 6.07) is 4.63. The molecular formula is C10H12N4. The Morgan fingerprint density at radius 2 is 2.43 bits per heavy atom. The Morgan fingerprint density at radius 3 is 3.21 bits per heavy atom. The predicted molar refractivity (Wildman–Crippen MR) is 53.8 cm³/mol. The van der Waals surface area contributed by atoms with E-state index in [4.69, 9.17) is 0 Å². The summed E-state index contributed by atoms with van der Waals surface area (Å²) in [5.74, 6) is 0.977. The first-order valence-corrected chi connectivity index (χ1v) is 4.95. The summed E-state index contributed by atoms with van der Waals surface area (Å²) in [6.45, 7) is 0.820. The molecule has 0 radical (unpaired) electrons. The van der Waals surface area contributed by atoms with E-state index in [1.807, 2.05) is 12.1 Å². The lowest BCUT2D eigenvalue weighted by molar-refractivity contribution is 0.665. The van der Waals surface area contributed by atoms with Crippen LogP contribution in [0.25, 0.3) is 11.2 Å². The fourth-order valence-electron chi connectivity index (χ4n) is 1.51. The minimum atomic E-state index is 0.719. The van der Waals surface area contributed by atoms with Crippen molar-refractivity contribution in [3.05, 3.63) is 24.2 Å². The number of nitrogens with one attached hydrogen (secondary N) is 2. The molecule has 0 unspecified atom stereocenters. The van der Waals surface area contributed by atoms with Gasteiger partial charge in [-0.15, -0.1) is 0 Å². The molecule has 1 saturated carbocycles. The lowest BCUT2D eigenvalue weighted by Gasteiger charge is -1.96. The summed E-state index contributed by atoms with van der Waals surface area (Å²) in [5.41, 5.74) is 1.82. The van der Waals surface area contributed by atoms with Crippen LogP contribution in [-0.4, -0.2) is 21.0 Å². The number of pyridine rings is 1. The number of hydrogen-bond donors (Lipinski definition) is 2. The Kier molecular flexibility index (Phi) is 1.73. The molecule has 0 amide bonds. The Labute approximate surface area is 81.8 Å². The largest absolute Gasteiger partial charge is 0.340 e. The van der Waals surface area contributed by atoms with Gasteiger partial charge in [0.05, 0.1) is 12.1 Å². The van der Waals surface area contributed by atoms with Crippen LogP contribution in [0, 0.1) is 0 Å². The first-order chi connectivity index (χ1) is 6.92. The van der Waals surface area contributed by atoms with Crippen molar-refractivity contribution in [2.24, 2.45) is 0 Å². The molecule has 72 valence electrons. The Bertz CT molecular complexity index is 411. The molecule has 4 nitrogen and oxygen atoms in total. The maximum atomic E-state index is 4.38.